The summed E-state index contributed by atoms with van der Waals surface area (Å²) in [5.41, 5.74) is 0. The summed E-state index contributed by atoms with van der Waals surface area (Å²) < 4.78 is 14.7. The summed E-state index contributed by atoms with van der Waals surface area (Å²) >= 11 is 11.6. The molecular formula is C13H15Cl2NO5. The van der Waals surface area contributed by atoms with Gasteiger partial charge in [-0.1, -0.05) is 23.2 Å². The highest BCUT2D eigenvalue weighted by Crippen LogP contribution is 2.27. The lowest BCUT2D eigenvalue weighted by molar-refractivity contribution is -0.150. The Morgan fingerprint density at radius 1 is 1.24 bits per heavy atom. The van der Waals surface area contributed by atoms with Gasteiger partial charge in [0.2, 0.25) is 0 Å². The Bertz CT molecular complexity index is 495. The van der Waals surface area contributed by atoms with Gasteiger partial charge in [-0.2, -0.15) is 0 Å². The van der Waals surface area contributed by atoms with E-state index in [1.807, 2.05) is 0 Å². The normalized spacial score (nSPS) is 10.0. The summed E-state index contributed by atoms with van der Waals surface area (Å²) in [4.78, 5) is 22.7. The van der Waals surface area contributed by atoms with E-state index in [-0.39, 0.29) is 18.2 Å². The van der Waals surface area contributed by atoms with Crippen LogP contribution in [-0.4, -0.2) is 45.4 Å². The quantitative estimate of drug-likeness (QED) is 0.578. The third kappa shape index (κ3) is 7.17. The maximum absolute atomic E-state index is 11.4. The second kappa shape index (κ2) is 9.44. The van der Waals surface area contributed by atoms with Gasteiger partial charge in [0, 0.05) is 18.7 Å². The fourth-order valence-electron chi connectivity index (χ4n) is 1.26. The molecule has 1 N–H and O–H groups in total. The number of hydrogen-bond acceptors (Lipinski definition) is 5. The van der Waals surface area contributed by atoms with Crippen molar-refractivity contribution >= 4 is 35.1 Å². The Hall–Kier alpha value is -1.50. The number of carbonyl (C=O) groups is 2. The first-order valence-electron chi connectivity index (χ1n) is 6.02. The molecule has 0 radical (unpaired) electrons. The van der Waals surface area contributed by atoms with E-state index >= 15 is 0 Å². The van der Waals surface area contributed by atoms with Crippen molar-refractivity contribution in [3.63, 3.8) is 0 Å². The van der Waals surface area contributed by atoms with Gasteiger partial charge in [-0.05, 0) is 18.2 Å². The molecule has 0 atom stereocenters. The molecule has 0 aliphatic rings. The van der Waals surface area contributed by atoms with Gasteiger partial charge in [0.05, 0.1) is 11.6 Å². The maximum atomic E-state index is 11.4. The first kappa shape index (κ1) is 17.6. The molecule has 0 fully saturated rings. The van der Waals surface area contributed by atoms with E-state index in [2.05, 4.69) is 5.32 Å². The van der Waals surface area contributed by atoms with Gasteiger partial charge < -0.3 is 19.5 Å². The SMILES string of the molecule is COCCNC(=O)COC(=O)COc1ccc(Cl)cc1Cl. The largest absolute Gasteiger partial charge is 0.480 e. The minimum absolute atomic E-state index is 0.285. The molecule has 8 heteroatoms. The second-order valence-corrected chi connectivity index (χ2v) is 4.71. The van der Waals surface area contributed by atoms with Gasteiger partial charge >= 0.3 is 5.97 Å². The molecular weight excluding hydrogens is 321 g/mol. The van der Waals surface area contributed by atoms with Crippen LogP contribution in [0, 0.1) is 0 Å². The van der Waals surface area contributed by atoms with E-state index < -0.39 is 11.9 Å². The van der Waals surface area contributed by atoms with Crippen LogP contribution in [0.15, 0.2) is 18.2 Å². The van der Waals surface area contributed by atoms with E-state index in [9.17, 15) is 9.59 Å². The van der Waals surface area contributed by atoms with Crippen LogP contribution < -0.4 is 10.1 Å². The average Bonchev–Trinajstić information content (AvgIpc) is 2.44. The zero-order valence-corrected chi connectivity index (χ0v) is 12.9. The smallest absolute Gasteiger partial charge is 0.344 e. The molecule has 0 saturated heterocycles. The van der Waals surface area contributed by atoms with Crippen LogP contribution in [0.1, 0.15) is 0 Å². The van der Waals surface area contributed by atoms with Gasteiger partial charge in [0.15, 0.2) is 13.2 Å². The molecule has 0 unspecified atom stereocenters. The number of hydrogen-bond donors (Lipinski definition) is 1. The Morgan fingerprint density at radius 2 is 2.00 bits per heavy atom. The number of methoxy groups -OCH3 is 1. The fourth-order valence-corrected chi connectivity index (χ4v) is 1.72. The number of halogens is 2. The number of nitrogens with one attached hydrogen (secondary N) is 1. The molecule has 0 bridgehead atoms. The second-order valence-electron chi connectivity index (χ2n) is 3.87. The summed E-state index contributed by atoms with van der Waals surface area (Å²) in [5.74, 6) is -0.782. The molecule has 1 amide bonds. The Labute approximate surface area is 132 Å². The number of amides is 1. The summed E-state index contributed by atoms with van der Waals surface area (Å²) in [6.07, 6.45) is 0. The third-order valence-electron chi connectivity index (χ3n) is 2.23. The maximum Gasteiger partial charge on any atom is 0.344 e. The Balaban J connectivity index is 2.26. The van der Waals surface area contributed by atoms with Crippen molar-refractivity contribution in [2.45, 2.75) is 0 Å². The number of carbonyl (C=O) groups excluding carboxylic acids is 2. The fraction of sp³-hybridized carbons (Fsp3) is 0.385. The van der Waals surface area contributed by atoms with Crippen LogP contribution >= 0.6 is 23.2 Å². The Morgan fingerprint density at radius 3 is 2.67 bits per heavy atom. The highest BCUT2D eigenvalue weighted by Gasteiger charge is 2.09. The van der Waals surface area contributed by atoms with Crippen molar-refractivity contribution in [2.75, 3.05) is 33.5 Å². The molecule has 1 aromatic rings. The first-order valence-corrected chi connectivity index (χ1v) is 6.77. The van der Waals surface area contributed by atoms with Crippen LogP contribution in [0.4, 0.5) is 0 Å². The summed E-state index contributed by atoms with van der Waals surface area (Å²) in [6.45, 7) is 0.00852. The standard InChI is InChI=1S/C13H15Cl2NO5/c1-19-5-4-16-12(17)7-21-13(18)8-20-11-3-2-9(14)6-10(11)15/h2-3,6H,4-5,7-8H2,1H3,(H,16,17). The van der Waals surface area contributed by atoms with Crippen molar-refractivity contribution in [1.82, 2.24) is 5.32 Å². The molecule has 1 aromatic carbocycles. The van der Waals surface area contributed by atoms with Crippen LogP contribution in [0.2, 0.25) is 10.0 Å². The molecule has 0 spiro atoms. The molecule has 6 nitrogen and oxygen atoms in total. The molecule has 0 aliphatic heterocycles. The number of benzene rings is 1. The monoisotopic (exact) mass is 335 g/mol. The number of rotatable bonds is 8. The molecule has 1 rings (SSSR count). The van der Waals surface area contributed by atoms with E-state index in [4.69, 9.17) is 37.4 Å². The summed E-state index contributed by atoms with van der Waals surface area (Å²) in [7, 11) is 1.52. The lowest BCUT2D eigenvalue weighted by atomic mass is 10.3. The van der Waals surface area contributed by atoms with Gasteiger partial charge in [0.25, 0.3) is 5.91 Å². The van der Waals surface area contributed by atoms with E-state index in [0.717, 1.165) is 0 Å². The van der Waals surface area contributed by atoms with Crippen molar-refractivity contribution < 1.29 is 23.8 Å². The molecule has 116 valence electrons. The van der Waals surface area contributed by atoms with Crippen molar-refractivity contribution in [2.24, 2.45) is 0 Å². The highest BCUT2D eigenvalue weighted by atomic mass is 35.5. The Kier molecular flexibility index (Phi) is 7.89. The van der Waals surface area contributed by atoms with E-state index in [0.29, 0.717) is 23.9 Å². The molecule has 0 aliphatic carbocycles. The van der Waals surface area contributed by atoms with Crippen molar-refractivity contribution in [3.8, 4) is 5.75 Å². The van der Waals surface area contributed by atoms with Crippen molar-refractivity contribution in [1.29, 1.82) is 0 Å². The molecule has 21 heavy (non-hydrogen) atoms. The van der Waals surface area contributed by atoms with Crippen LogP contribution in [0.3, 0.4) is 0 Å². The minimum Gasteiger partial charge on any atom is -0.480 e. The topological polar surface area (TPSA) is 73.9 Å². The van der Waals surface area contributed by atoms with E-state index in [1.165, 1.54) is 19.2 Å². The predicted octanol–water partition coefficient (Wildman–Crippen LogP) is 1.68. The highest BCUT2D eigenvalue weighted by molar-refractivity contribution is 6.35. The zero-order chi connectivity index (χ0) is 15.7. The lowest BCUT2D eigenvalue weighted by Crippen LogP contribution is -2.32. The van der Waals surface area contributed by atoms with Gasteiger partial charge in [0.1, 0.15) is 5.75 Å². The molecule has 0 aromatic heterocycles. The molecule has 0 saturated carbocycles. The number of ether oxygens (including phenoxy) is 3. The average molecular weight is 336 g/mol. The number of esters is 1. The zero-order valence-electron chi connectivity index (χ0n) is 11.4. The van der Waals surface area contributed by atoms with Gasteiger partial charge in [-0.25, -0.2) is 4.79 Å². The van der Waals surface area contributed by atoms with Crippen molar-refractivity contribution in [3.05, 3.63) is 28.2 Å². The first-order chi connectivity index (χ1) is 10.0. The van der Waals surface area contributed by atoms with E-state index in [1.54, 1.807) is 6.07 Å². The van der Waals surface area contributed by atoms with Crippen LogP contribution in [-0.2, 0) is 19.1 Å². The summed E-state index contributed by atoms with van der Waals surface area (Å²) in [6, 6.07) is 4.61. The van der Waals surface area contributed by atoms with Gasteiger partial charge in [-0.15, -0.1) is 0 Å². The molecule has 0 heterocycles. The summed E-state index contributed by atoms with van der Waals surface area (Å²) in [5, 5.41) is 3.26. The predicted molar refractivity (Wildman–Crippen MR) is 77.8 cm³/mol. The van der Waals surface area contributed by atoms with Crippen LogP contribution in [0.25, 0.3) is 0 Å². The van der Waals surface area contributed by atoms with Gasteiger partial charge in [-0.3, -0.25) is 4.79 Å². The minimum atomic E-state index is -0.678. The third-order valence-corrected chi connectivity index (χ3v) is 2.76. The van der Waals surface area contributed by atoms with Crippen LogP contribution in [0.5, 0.6) is 5.75 Å². The lowest BCUT2D eigenvalue weighted by Gasteiger charge is -2.08.